The molecule has 36 heavy (non-hydrogen) atoms. The zero-order chi connectivity index (χ0) is 25.7. The van der Waals surface area contributed by atoms with Crippen molar-refractivity contribution in [2.24, 2.45) is 23.7 Å². The van der Waals surface area contributed by atoms with Crippen LogP contribution in [0.5, 0.6) is 5.75 Å². The first-order chi connectivity index (χ1) is 17.1. The highest BCUT2D eigenvalue weighted by Crippen LogP contribution is 2.41. The highest BCUT2D eigenvalue weighted by atomic mass is 16.5. The first-order valence-electron chi connectivity index (χ1n) is 12.4. The molecular formula is C29H30N2O5. The molecule has 2 fully saturated rings. The van der Waals surface area contributed by atoms with Gasteiger partial charge in [-0.15, -0.1) is 0 Å². The van der Waals surface area contributed by atoms with Crippen LogP contribution in [0.3, 0.4) is 0 Å². The number of carbonyl (C=O) groups is 4. The zero-order valence-electron chi connectivity index (χ0n) is 21.0. The summed E-state index contributed by atoms with van der Waals surface area (Å²) in [5.41, 5.74) is 4.08. The van der Waals surface area contributed by atoms with Crippen molar-refractivity contribution in [3.8, 4) is 5.75 Å². The number of carbonyl (C=O) groups excluding carboxylic acids is 4. The van der Waals surface area contributed by atoms with Crippen LogP contribution in [0, 0.1) is 44.4 Å². The molecule has 0 N–H and O–H groups in total. The monoisotopic (exact) mass is 486 g/mol. The molecule has 0 saturated carbocycles. The van der Waals surface area contributed by atoms with E-state index in [1.165, 1.54) is 4.90 Å². The number of esters is 1. The second-order valence-electron chi connectivity index (χ2n) is 10.3. The van der Waals surface area contributed by atoms with Gasteiger partial charge >= 0.3 is 5.97 Å². The van der Waals surface area contributed by atoms with Gasteiger partial charge < -0.3 is 9.64 Å². The van der Waals surface area contributed by atoms with Crippen LogP contribution in [0.4, 0.5) is 11.4 Å². The van der Waals surface area contributed by atoms with E-state index in [4.69, 9.17) is 4.74 Å². The minimum absolute atomic E-state index is 0.0168. The second kappa shape index (κ2) is 9.04. The number of hydrogen-bond acceptors (Lipinski definition) is 5. The van der Waals surface area contributed by atoms with Gasteiger partial charge in [0.25, 0.3) is 0 Å². The molecule has 7 heteroatoms. The summed E-state index contributed by atoms with van der Waals surface area (Å²) in [6.45, 7) is 7.97. The smallest absolute Gasteiger partial charge is 0.316 e. The van der Waals surface area contributed by atoms with E-state index in [-0.39, 0.29) is 48.4 Å². The molecular weight excluding hydrogens is 456 g/mol. The van der Waals surface area contributed by atoms with Crippen LogP contribution in [0.2, 0.25) is 0 Å². The van der Waals surface area contributed by atoms with Crippen LogP contribution in [-0.4, -0.2) is 30.2 Å². The fourth-order valence-electron chi connectivity index (χ4n) is 5.75. The van der Waals surface area contributed by atoms with Crippen molar-refractivity contribution in [2.45, 2.75) is 40.5 Å². The van der Waals surface area contributed by atoms with Crippen LogP contribution in [0.15, 0.2) is 48.6 Å². The average molecular weight is 487 g/mol. The number of rotatable bonds is 4. The Bertz CT molecular complexity index is 1290. The Balaban J connectivity index is 1.29. The van der Waals surface area contributed by atoms with Crippen molar-refractivity contribution in [3.05, 3.63) is 65.2 Å². The first kappa shape index (κ1) is 24.0. The van der Waals surface area contributed by atoms with Crippen LogP contribution in [-0.2, 0) is 19.2 Å². The van der Waals surface area contributed by atoms with E-state index in [0.29, 0.717) is 23.4 Å². The predicted octanol–water partition coefficient (Wildman–Crippen LogP) is 4.27. The normalized spacial score (nSPS) is 25.5. The number of anilines is 2. The summed E-state index contributed by atoms with van der Waals surface area (Å²) < 4.78 is 5.63. The Kier molecular flexibility index (Phi) is 6.02. The van der Waals surface area contributed by atoms with E-state index in [9.17, 15) is 19.2 Å². The maximum absolute atomic E-state index is 13.1. The second-order valence-corrected chi connectivity index (χ2v) is 10.3. The Morgan fingerprint density at radius 1 is 0.972 bits per heavy atom. The third-order valence-corrected chi connectivity index (χ3v) is 7.48. The maximum atomic E-state index is 13.1. The summed E-state index contributed by atoms with van der Waals surface area (Å²) >= 11 is 0. The Labute approximate surface area is 210 Å². The largest absolute Gasteiger partial charge is 0.426 e. The van der Waals surface area contributed by atoms with Gasteiger partial charge in [-0.25, -0.2) is 4.90 Å². The minimum Gasteiger partial charge on any atom is -0.426 e. The SMILES string of the molecule is Cc1cc(C)cc(N2C[C@@H](C(=O)Oc3ccc(N4C(=O)[C@H]5[C@H](CC=C[C@@H]5C)C4=O)c(C)c3)CC2=O)c1. The summed E-state index contributed by atoms with van der Waals surface area (Å²) in [6, 6.07) is 10.8. The first-order valence-corrected chi connectivity index (χ1v) is 12.4. The standard InChI is InChI=1S/C29H30N2O5/c1-16-10-17(2)12-21(11-16)30-15-20(14-25(30)32)29(35)36-22-8-9-24(19(4)13-22)31-27(33)23-7-5-6-18(3)26(23)28(31)34/h5-6,8-13,18,20,23,26H,7,14-15H2,1-4H3/t18-,20-,23-,26+/m0/s1. The fourth-order valence-corrected chi connectivity index (χ4v) is 5.75. The van der Waals surface area contributed by atoms with Gasteiger partial charge in [0.1, 0.15) is 5.75 Å². The van der Waals surface area contributed by atoms with E-state index in [0.717, 1.165) is 16.8 Å². The summed E-state index contributed by atoms with van der Waals surface area (Å²) in [6.07, 6.45) is 4.64. The number of amides is 3. The van der Waals surface area contributed by atoms with Crippen molar-refractivity contribution < 1.29 is 23.9 Å². The van der Waals surface area contributed by atoms with Crippen LogP contribution in [0.25, 0.3) is 0 Å². The molecule has 4 atom stereocenters. The molecule has 2 saturated heterocycles. The fraction of sp³-hybridized carbons (Fsp3) is 0.379. The number of benzene rings is 2. The molecule has 186 valence electrons. The van der Waals surface area contributed by atoms with Gasteiger partial charge in [-0.2, -0.15) is 0 Å². The number of ether oxygens (including phenoxy) is 1. The number of fused-ring (bicyclic) bond motifs is 1. The van der Waals surface area contributed by atoms with E-state index in [2.05, 4.69) is 0 Å². The lowest BCUT2D eigenvalue weighted by Gasteiger charge is -2.22. The van der Waals surface area contributed by atoms with Gasteiger partial charge in [-0.1, -0.05) is 25.1 Å². The van der Waals surface area contributed by atoms with Crippen molar-refractivity contribution in [1.82, 2.24) is 0 Å². The molecule has 2 aromatic carbocycles. The molecule has 0 spiro atoms. The van der Waals surface area contributed by atoms with E-state index < -0.39 is 11.9 Å². The maximum Gasteiger partial charge on any atom is 0.316 e. The molecule has 0 aromatic heterocycles. The number of allylic oxidation sites excluding steroid dienone is 2. The molecule has 2 heterocycles. The van der Waals surface area contributed by atoms with Crippen LogP contribution >= 0.6 is 0 Å². The average Bonchev–Trinajstić information content (AvgIpc) is 3.32. The number of aryl methyl sites for hydroxylation is 3. The lowest BCUT2D eigenvalue weighted by Crippen LogP contribution is -2.32. The lowest BCUT2D eigenvalue weighted by molar-refractivity contribution is -0.139. The molecule has 0 radical (unpaired) electrons. The number of hydrogen-bond donors (Lipinski definition) is 0. The van der Waals surface area contributed by atoms with Gasteiger partial charge in [0, 0.05) is 18.7 Å². The minimum atomic E-state index is -0.572. The molecule has 0 bridgehead atoms. The molecule has 5 rings (SSSR count). The van der Waals surface area contributed by atoms with E-state index >= 15 is 0 Å². The molecule has 7 nitrogen and oxygen atoms in total. The van der Waals surface area contributed by atoms with E-state index in [1.807, 2.05) is 51.1 Å². The van der Waals surface area contributed by atoms with Gasteiger partial charge in [0.05, 0.1) is 23.4 Å². The predicted molar refractivity (Wildman–Crippen MR) is 136 cm³/mol. The van der Waals surface area contributed by atoms with Crippen molar-refractivity contribution >= 4 is 35.1 Å². The Morgan fingerprint density at radius 2 is 1.69 bits per heavy atom. The molecule has 0 unspecified atom stereocenters. The number of imide groups is 1. The Hall–Kier alpha value is -3.74. The van der Waals surface area contributed by atoms with Gasteiger partial charge in [0.15, 0.2) is 0 Å². The summed E-state index contributed by atoms with van der Waals surface area (Å²) in [5, 5.41) is 0. The topological polar surface area (TPSA) is 84.0 Å². The molecule has 2 aliphatic heterocycles. The molecule has 2 aromatic rings. The van der Waals surface area contributed by atoms with Gasteiger partial charge in [-0.05, 0) is 80.1 Å². The summed E-state index contributed by atoms with van der Waals surface area (Å²) in [7, 11) is 0. The highest BCUT2D eigenvalue weighted by molar-refractivity contribution is 6.22. The third kappa shape index (κ3) is 4.12. The van der Waals surface area contributed by atoms with Crippen molar-refractivity contribution in [2.75, 3.05) is 16.3 Å². The van der Waals surface area contributed by atoms with Crippen LogP contribution in [0.1, 0.15) is 36.5 Å². The summed E-state index contributed by atoms with van der Waals surface area (Å²) in [4.78, 5) is 54.7. The van der Waals surface area contributed by atoms with Crippen molar-refractivity contribution in [1.29, 1.82) is 0 Å². The lowest BCUT2D eigenvalue weighted by atomic mass is 9.78. The molecule has 3 amide bonds. The highest BCUT2D eigenvalue weighted by Gasteiger charge is 2.50. The molecule has 3 aliphatic rings. The van der Waals surface area contributed by atoms with Crippen LogP contribution < -0.4 is 14.5 Å². The number of nitrogens with zero attached hydrogens (tertiary/aromatic N) is 2. The third-order valence-electron chi connectivity index (χ3n) is 7.48. The van der Waals surface area contributed by atoms with Gasteiger partial charge in [-0.3, -0.25) is 19.2 Å². The van der Waals surface area contributed by atoms with Gasteiger partial charge in [0.2, 0.25) is 17.7 Å². The Morgan fingerprint density at radius 3 is 2.36 bits per heavy atom. The summed E-state index contributed by atoms with van der Waals surface area (Å²) in [5.74, 6) is -1.82. The van der Waals surface area contributed by atoms with Crippen molar-refractivity contribution in [3.63, 3.8) is 0 Å². The quantitative estimate of drug-likeness (QED) is 0.279. The van der Waals surface area contributed by atoms with E-state index in [1.54, 1.807) is 30.0 Å². The zero-order valence-corrected chi connectivity index (χ0v) is 21.0. The molecule has 1 aliphatic carbocycles.